The molecule has 3 aromatic carbocycles. The zero-order chi connectivity index (χ0) is 19.7. The molecule has 0 spiro atoms. The quantitative estimate of drug-likeness (QED) is 0.360. The number of hydrogen-bond donors (Lipinski definition) is 0. The molecule has 7 rings (SSSR count). The van der Waals surface area contributed by atoms with Crippen LogP contribution < -0.4 is 10.5 Å². The second-order valence-corrected chi connectivity index (χ2v) is 10.4. The molecule has 0 aliphatic carbocycles. The average Bonchev–Trinajstić information content (AvgIpc) is 3.32. The van der Waals surface area contributed by atoms with Crippen LogP contribution in [0.1, 0.15) is 0 Å². The lowest BCUT2D eigenvalue weighted by Gasteiger charge is -2.16. The number of imidazole rings is 1. The Morgan fingerprint density at radius 1 is 0.867 bits per heavy atom. The lowest BCUT2D eigenvalue weighted by Crippen LogP contribution is -2.36. The van der Waals surface area contributed by atoms with E-state index >= 15 is 0 Å². The number of nitrogens with zero attached hydrogens (tertiary/aromatic N) is 4. The van der Waals surface area contributed by atoms with Gasteiger partial charge < -0.3 is 0 Å². The molecule has 3 aromatic heterocycles. The minimum Gasteiger partial charge on any atom is -0.283 e. The van der Waals surface area contributed by atoms with Crippen LogP contribution in [0.5, 0.6) is 0 Å². The second-order valence-electron chi connectivity index (χ2n) is 7.14. The van der Waals surface area contributed by atoms with E-state index in [1.807, 2.05) is 6.20 Å². The van der Waals surface area contributed by atoms with Crippen LogP contribution in [0.3, 0.4) is 0 Å². The van der Waals surface area contributed by atoms with Gasteiger partial charge >= 0.3 is 0 Å². The van der Waals surface area contributed by atoms with Gasteiger partial charge in [0.25, 0.3) is 0 Å². The third-order valence-electron chi connectivity index (χ3n) is 5.31. The zero-order valence-electron chi connectivity index (χ0n) is 15.5. The third kappa shape index (κ3) is 2.43. The molecular weight excluding hydrogens is 425 g/mol. The summed E-state index contributed by atoms with van der Waals surface area (Å²) in [6.45, 7) is 0. The molecule has 0 unspecified atom stereocenters. The highest BCUT2D eigenvalue weighted by Gasteiger charge is 2.20. The molecule has 0 N–H and O–H groups in total. The van der Waals surface area contributed by atoms with Gasteiger partial charge in [0, 0.05) is 10.5 Å². The van der Waals surface area contributed by atoms with Gasteiger partial charge in [-0.25, -0.2) is 9.97 Å². The minimum atomic E-state index is 0.540. The maximum Gasteiger partial charge on any atom is 0.195 e. The van der Waals surface area contributed by atoms with Gasteiger partial charge in [0.05, 0.1) is 38.5 Å². The zero-order valence-corrected chi connectivity index (χ0v) is 18.2. The Bertz CT molecular complexity index is 1620. The molecular formula is C23H12N4S2Si. The molecule has 0 atom stereocenters. The molecule has 0 fully saturated rings. The molecule has 4 heterocycles. The third-order valence-corrected chi connectivity index (χ3v) is 9.06. The maximum absolute atomic E-state index is 4.98. The largest absolute Gasteiger partial charge is 0.283 e. The molecule has 140 valence electrons. The number of rotatable bonds is 1. The molecule has 30 heavy (non-hydrogen) atoms. The van der Waals surface area contributed by atoms with E-state index in [0.29, 0.717) is 9.52 Å². The standard InChI is InChI=1S/C23H12N4S2Si/c1-2-6-18-17(5-1)27-16-10-9-13(11-14(16)26-23(27)29-18)15-12-24-21-22(25-15)30-20-8-4-3-7-19(20)28-21/h1-12H. The highest BCUT2D eigenvalue weighted by Crippen LogP contribution is 2.32. The maximum atomic E-state index is 4.98. The van der Waals surface area contributed by atoms with Gasteiger partial charge in [-0.3, -0.25) is 9.38 Å². The van der Waals surface area contributed by atoms with E-state index < -0.39 is 0 Å². The van der Waals surface area contributed by atoms with Crippen LogP contribution >= 0.6 is 23.1 Å². The van der Waals surface area contributed by atoms with Gasteiger partial charge in [0.2, 0.25) is 0 Å². The summed E-state index contributed by atoms with van der Waals surface area (Å²) in [6, 6.07) is 23.4. The number of aromatic nitrogens is 4. The fourth-order valence-electron chi connectivity index (χ4n) is 3.91. The Hall–Kier alpha value is -3.00. The van der Waals surface area contributed by atoms with E-state index in [4.69, 9.17) is 15.0 Å². The topological polar surface area (TPSA) is 43.1 Å². The van der Waals surface area contributed by atoms with Crippen molar-refractivity contribution in [3.63, 3.8) is 0 Å². The first-order valence-corrected chi connectivity index (χ1v) is 12.2. The van der Waals surface area contributed by atoms with Crippen LogP contribution in [-0.4, -0.2) is 28.9 Å². The number of para-hydroxylation sites is 1. The predicted octanol–water partition coefficient (Wildman–Crippen LogP) is 4.28. The van der Waals surface area contributed by atoms with Crippen LogP contribution in [0, 0.1) is 0 Å². The molecule has 0 bridgehead atoms. The van der Waals surface area contributed by atoms with Crippen molar-refractivity contribution in [3.8, 4) is 11.3 Å². The molecule has 0 saturated carbocycles. The van der Waals surface area contributed by atoms with E-state index in [-0.39, 0.29) is 0 Å². The van der Waals surface area contributed by atoms with E-state index in [1.54, 1.807) is 23.1 Å². The van der Waals surface area contributed by atoms with Gasteiger partial charge in [-0.15, -0.1) is 0 Å². The fraction of sp³-hybridized carbons (Fsp3) is 0. The molecule has 0 saturated heterocycles. The summed E-state index contributed by atoms with van der Waals surface area (Å²) in [4.78, 5) is 16.9. The summed E-state index contributed by atoms with van der Waals surface area (Å²) in [5.74, 6) is 0. The van der Waals surface area contributed by atoms with Crippen molar-refractivity contribution in [2.75, 3.05) is 0 Å². The van der Waals surface area contributed by atoms with Crippen molar-refractivity contribution in [3.05, 3.63) is 72.9 Å². The lowest BCUT2D eigenvalue weighted by atomic mass is 10.1. The summed E-state index contributed by atoms with van der Waals surface area (Å²) >= 11 is 3.44. The first kappa shape index (κ1) is 16.8. The Morgan fingerprint density at radius 3 is 2.77 bits per heavy atom. The number of benzene rings is 3. The fourth-order valence-corrected chi connectivity index (χ4v) is 7.33. The van der Waals surface area contributed by atoms with Crippen LogP contribution in [-0.2, 0) is 0 Å². The molecule has 2 radical (unpaired) electrons. The molecule has 0 amide bonds. The monoisotopic (exact) mass is 436 g/mol. The Kier molecular flexibility index (Phi) is 3.49. The summed E-state index contributed by atoms with van der Waals surface area (Å²) in [5, 5.41) is 3.44. The van der Waals surface area contributed by atoms with Crippen LogP contribution in [0.4, 0.5) is 0 Å². The Morgan fingerprint density at radius 2 is 1.77 bits per heavy atom. The van der Waals surface area contributed by atoms with Crippen LogP contribution in [0.2, 0.25) is 0 Å². The average molecular weight is 437 g/mol. The predicted molar refractivity (Wildman–Crippen MR) is 125 cm³/mol. The number of hydrogen-bond acceptors (Lipinski definition) is 5. The highest BCUT2D eigenvalue weighted by molar-refractivity contribution is 8.00. The van der Waals surface area contributed by atoms with Gasteiger partial charge in [-0.1, -0.05) is 59.5 Å². The van der Waals surface area contributed by atoms with Crippen molar-refractivity contribution in [2.45, 2.75) is 9.92 Å². The number of fused-ring (bicyclic) bond motifs is 7. The molecule has 4 nitrogen and oxygen atoms in total. The van der Waals surface area contributed by atoms with Crippen LogP contribution in [0.15, 0.2) is 82.8 Å². The van der Waals surface area contributed by atoms with Crippen LogP contribution in [0.25, 0.3) is 37.5 Å². The van der Waals surface area contributed by atoms with E-state index in [1.165, 1.54) is 20.3 Å². The van der Waals surface area contributed by atoms with Crippen molar-refractivity contribution in [2.24, 2.45) is 0 Å². The normalized spacial score (nSPS) is 13.1. The smallest absolute Gasteiger partial charge is 0.195 e. The highest BCUT2D eigenvalue weighted by atomic mass is 32.2. The van der Waals surface area contributed by atoms with E-state index in [0.717, 1.165) is 37.6 Å². The van der Waals surface area contributed by atoms with Crippen molar-refractivity contribution >= 4 is 69.3 Å². The van der Waals surface area contributed by atoms with Gasteiger partial charge in [0.15, 0.2) is 14.5 Å². The van der Waals surface area contributed by atoms with E-state index in [9.17, 15) is 0 Å². The molecule has 6 aromatic rings. The van der Waals surface area contributed by atoms with Gasteiger partial charge in [0.1, 0.15) is 5.03 Å². The summed E-state index contributed by atoms with van der Waals surface area (Å²) in [6.07, 6.45) is 1.89. The van der Waals surface area contributed by atoms with Gasteiger partial charge in [-0.2, -0.15) is 0 Å². The lowest BCUT2D eigenvalue weighted by molar-refractivity contribution is 1.09. The molecule has 1 aliphatic rings. The molecule has 7 heteroatoms. The summed E-state index contributed by atoms with van der Waals surface area (Å²) < 4.78 is 3.50. The Balaban J connectivity index is 1.35. The second kappa shape index (κ2) is 6.25. The first-order valence-electron chi connectivity index (χ1n) is 9.54. The molecule has 1 aliphatic heterocycles. The van der Waals surface area contributed by atoms with E-state index in [2.05, 4.69) is 71.1 Å². The van der Waals surface area contributed by atoms with Crippen molar-refractivity contribution in [1.82, 2.24) is 19.4 Å². The first-order chi connectivity index (χ1) is 14.8. The number of thiazole rings is 1. The van der Waals surface area contributed by atoms with Crippen molar-refractivity contribution in [1.29, 1.82) is 0 Å². The minimum absolute atomic E-state index is 0.540. The Labute approximate surface area is 182 Å². The van der Waals surface area contributed by atoms with Gasteiger partial charge in [-0.05, 0) is 35.5 Å². The van der Waals surface area contributed by atoms with Crippen molar-refractivity contribution < 1.29 is 0 Å². The summed E-state index contributed by atoms with van der Waals surface area (Å²) in [5.41, 5.74) is 5.29. The summed E-state index contributed by atoms with van der Waals surface area (Å²) in [7, 11) is 0.540. The SMILES string of the molecule is c1ccc2c(c1)[Si]c1nc(-c3ccc4c(c3)nc3sc5ccccc5n34)cnc1S2.